The highest BCUT2D eigenvalue weighted by atomic mass is 32.2. The number of pyridine rings is 2. The maximum Gasteiger partial charge on any atom is 0.222 e. The van der Waals surface area contributed by atoms with Crippen LogP contribution in [0.2, 0.25) is 0 Å². The average Bonchev–Trinajstić information content (AvgIpc) is 2.88. The topological polar surface area (TPSA) is 94.9 Å². The number of aromatic nitrogens is 4. The molecule has 0 radical (unpaired) electrons. The molecule has 0 atom stereocenters. The number of rotatable bonds is 6. The average molecular weight is 469 g/mol. The van der Waals surface area contributed by atoms with Crippen molar-refractivity contribution in [2.24, 2.45) is 0 Å². The van der Waals surface area contributed by atoms with Gasteiger partial charge in [-0.1, -0.05) is 36.4 Å². The Morgan fingerprint density at radius 3 is 2.47 bits per heavy atom. The van der Waals surface area contributed by atoms with E-state index in [1.807, 2.05) is 36.4 Å². The van der Waals surface area contributed by atoms with E-state index in [0.29, 0.717) is 17.3 Å². The van der Waals surface area contributed by atoms with Gasteiger partial charge in [-0.15, -0.1) is 0 Å². The van der Waals surface area contributed by atoms with E-state index in [2.05, 4.69) is 19.9 Å². The molecule has 0 bridgehead atoms. The van der Waals surface area contributed by atoms with E-state index in [-0.39, 0.29) is 10.6 Å². The third-order valence-corrected chi connectivity index (χ3v) is 7.13. The fourth-order valence-electron chi connectivity index (χ4n) is 3.82. The van der Waals surface area contributed by atoms with Crippen molar-refractivity contribution in [1.82, 2.24) is 19.9 Å². The molecule has 0 spiro atoms. The minimum Gasteiger partial charge on any atom is -0.481 e. The van der Waals surface area contributed by atoms with Gasteiger partial charge in [0.1, 0.15) is 6.33 Å². The second kappa shape index (κ2) is 8.99. The molecule has 5 aromatic rings. The largest absolute Gasteiger partial charge is 0.481 e. The molecule has 8 heteroatoms. The molecule has 3 aromatic heterocycles. The van der Waals surface area contributed by atoms with Crippen molar-refractivity contribution in [2.75, 3.05) is 7.11 Å². The van der Waals surface area contributed by atoms with Crippen LogP contribution in [0.1, 0.15) is 5.69 Å². The highest BCUT2D eigenvalue weighted by Crippen LogP contribution is 2.35. The molecule has 5 rings (SSSR count). The summed E-state index contributed by atoms with van der Waals surface area (Å²) in [5.74, 6) is 0.246. The van der Waals surface area contributed by atoms with Gasteiger partial charge in [-0.05, 0) is 41.3 Å². The van der Waals surface area contributed by atoms with Crippen molar-refractivity contribution in [3.05, 3.63) is 97.3 Å². The van der Waals surface area contributed by atoms with Crippen molar-refractivity contribution in [1.29, 1.82) is 0 Å². The number of benzene rings is 2. The van der Waals surface area contributed by atoms with Crippen LogP contribution in [0.25, 0.3) is 33.2 Å². The van der Waals surface area contributed by atoms with Crippen molar-refractivity contribution in [3.63, 3.8) is 0 Å². The van der Waals surface area contributed by atoms with Crippen LogP contribution >= 0.6 is 0 Å². The van der Waals surface area contributed by atoms with Crippen molar-refractivity contribution >= 4 is 20.6 Å². The summed E-state index contributed by atoms with van der Waals surface area (Å²) in [4.78, 5) is 17.2. The molecule has 2 aromatic carbocycles. The van der Waals surface area contributed by atoms with E-state index in [9.17, 15) is 8.42 Å². The number of fused-ring (bicyclic) bond motifs is 1. The van der Waals surface area contributed by atoms with Crippen LogP contribution < -0.4 is 4.74 Å². The van der Waals surface area contributed by atoms with Gasteiger partial charge in [0.25, 0.3) is 0 Å². The monoisotopic (exact) mass is 468 g/mol. The molecule has 34 heavy (non-hydrogen) atoms. The first kappa shape index (κ1) is 21.7. The Morgan fingerprint density at radius 1 is 0.853 bits per heavy atom. The maximum atomic E-state index is 13.0. The van der Waals surface area contributed by atoms with Gasteiger partial charge in [0, 0.05) is 29.5 Å². The number of nitrogens with zero attached hydrogens (tertiary/aromatic N) is 4. The zero-order valence-electron chi connectivity index (χ0n) is 18.3. The van der Waals surface area contributed by atoms with E-state index in [1.54, 1.807) is 49.8 Å². The van der Waals surface area contributed by atoms with E-state index < -0.39 is 9.84 Å². The molecule has 0 fully saturated rings. The first-order chi connectivity index (χ1) is 16.5. The van der Waals surface area contributed by atoms with Crippen LogP contribution in [-0.4, -0.2) is 35.5 Å². The number of methoxy groups -OCH3 is 1. The van der Waals surface area contributed by atoms with Gasteiger partial charge in [0.05, 0.1) is 34.7 Å². The SMILES string of the molecule is COc1ncc(-c2ccccc2)cc1-c1nccc2cc(S(=O)(=O)Cc3ccncn3)ccc12. The van der Waals surface area contributed by atoms with Gasteiger partial charge in [0.15, 0.2) is 9.84 Å². The number of sulfone groups is 1. The van der Waals surface area contributed by atoms with Crippen LogP contribution in [0.3, 0.4) is 0 Å². The summed E-state index contributed by atoms with van der Waals surface area (Å²) in [5, 5.41) is 1.55. The van der Waals surface area contributed by atoms with Gasteiger partial charge < -0.3 is 4.74 Å². The van der Waals surface area contributed by atoms with Gasteiger partial charge in [-0.25, -0.2) is 23.4 Å². The predicted octanol–water partition coefficient (Wildman–Crippen LogP) is 4.74. The highest BCUT2D eigenvalue weighted by Gasteiger charge is 2.19. The number of hydrogen-bond acceptors (Lipinski definition) is 7. The number of ether oxygens (including phenoxy) is 1. The van der Waals surface area contributed by atoms with E-state index in [4.69, 9.17) is 4.74 Å². The Balaban J connectivity index is 1.60. The van der Waals surface area contributed by atoms with Crippen LogP contribution in [0.4, 0.5) is 0 Å². The standard InChI is InChI=1S/C26H20N4O3S/c1-33-26-24(14-20(15-29-26)18-5-3-2-4-6-18)25-23-8-7-22(13-19(23)9-12-28-25)34(31,32)16-21-10-11-27-17-30-21/h2-15,17H,16H2,1H3. The predicted molar refractivity (Wildman–Crippen MR) is 130 cm³/mol. The van der Waals surface area contributed by atoms with Crippen molar-refractivity contribution < 1.29 is 13.2 Å². The van der Waals surface area contributed by atoms with E-state index in [0.717, 1.165) is 27.5 Å². The normalized spacial score (nSPS) is 11.4. The third-order valence-electron chi connectivity index (χ3n) is 5.48. The molecule has 0 aliphatic heterocycles. The molecule has 0 unspecified atom stereocenters. The summed E-state index contributed by atoms with van der Waals surface area (Å²) >= 11 is 0. The highest BCUT2D eigenvalue weighted by molar-refractivity contribution is 7.90. The molecule has 3 heterocycles. The molecule has 0 amide bonds. The van der Waals surface area contributed by atoms with Crippen LogP contribution in [-0.2, 0) is 15.6 Å². The van der Waals surface area contributed by atoms with Crippen molar-refractivity contribution in [3.8, 4) is 28.3 Å². The summed E-state index contributed by atoms with van der Waals surface area (Å²) in [5.41, 5.74) is 3.79. The van der Waals surface area contributed by atoms with Gasteiger partial charge in [0.2, 0.25) is 5.88 Å². The molecule has 168 valence electrons. The van der Waals surface area contributed by atoms with E-state index in [1.165, 1.54) is 12.5 Å². The molecule has 0 aliphatic rings. The number of hydrogen-bond donors (Lipinski definition) is 0. The second-order valence-corrected chi connectivity index (χ2v) is 9.64. The molecule has 0 aliphatic carbocycles. The summed E-state index contributed by atoms with van der Waals surface area (Å²) in [6, 6.07) is 20.4. The zero-order chi connectivity index (χ0) is 23.5. The Labute approximate surface area is 197 Å². The zero-order valence-corrected chi connectivity index (χ0v) is 19.1. The summed E-state index contributed by atoms with van der Waals surface area (Å²) in [7, 11) is -2.02. The smallest absolute Gasteiger partial charge is 0.222 e. The maximum absolute atomic E-state index is 13.0. The summed E-state index contributed by atoms with van der Waals surface area (Å²) in [6.07, 6.45) is 6.29. The quantitative estimate of drug-likeness (QED) is 0.355. The van der Waals surface area contributed by atoms with Crippen LogP contribution in [0.5, 0.6) is 5.88 Å². The Hall–Kier alpha value is -4.17. The Morgan fingerprint density at radius 2 is 1.71 bits per heavy atom. The van der Waals surface area contributed by atoms with Crippen LogP contribution in [0.15, 0.2) is 96.5 Å². The lowest BCUT2D eigenvalue weighted by Crippen LogP contribution is -2.06. The molecule has 0 N–H and O–H groups in total. The summed E-state index contributed by atoms with van der Waals surface area (Å²) in [6.45, 7) is 0. The lowest BCUT2D eigenvalue weighted by Gasteiger charge is -2.12. The van der Waals surface area contributed by atoms with Crippen molar-refractivity contribution in [2.45, 2.75) is 10.6 Å². The first-order valence-corrected chi connectivity index (χ1v) is 12.2. The van der Waals surface area contributed by atoms with Crippen LogP contribution in [0, 0.1) is 0 Å². The molecule has 0 saturated carbocycles. The minimum absolute atomic E-state index is 0.199. The molecular formula is C26H20N4O3S. The Kier molecular flexibility index (Phi) is 5.73. The van der Waals surface area contributed by atoms with E-state index >= 15 is 0 Å². The second-order valence-electron chi connectivity index (χ2n) is 7.65. The third kappa shape index (κ3) is 4.23. The molecule has 7 nitrogen and oxygen atoms in total. The Bertz CT molecular complexity index is 1570. The first-order valence-electron chi connectivity index (χ1n) is 10.5. The lowest BCUT2D eigenvalue weighted by atomic mass is 10.0. The molecular weight excluding hydrogens is 448 g/mol. The fraction of sp³-hybridized carbons (Fsp3) is 0.0769. The summed E-state index contributed by atoms with van der Waals surface area (Å²) < 4.78 is 31.5. The van der Waals surface area contributed by atoms with Gasteiger partial charge in [-0.3, -0.25) is 4.98 Å². The van der Waals surface area contributed by atoms with Gasteiger partial charge in [-0.2, -0.15) is 0 Å². The fourth-order valence-corrected chi connectivity index (χ4v) is 5.13. The van der Waals surface area contributed by atoms with Gasteiger partial charge >= 0.3 is 0 Å². The lowest BCUT2D eigenvalue weighted by molar-refractivity contribution is 0.399. The minimum atomic E-state index is -3.59. The molecule has 0 saturated heterocycles.